The highest BCUT2D eigenvalue weighted by Gasteiger charge is 2.40. The van der Waals surface area contributed by atoms with Crippen molar-refractivity contribution in [2.24, 2.45) is 0 Å². The van der Waals surface area contributed by atoms with Crippen LogP contribution in [0.2, 0.25) is 0 Å². The van der Waals surface area contributed by atoms with Crippen molar-refractivity contribution in [1.82, 2.24) is 18.7 Å². The lowest BCUT2D eigenvalue weighted by Gasteiger charge is -2.26. The Balaban J connectivity index is 1.12. The third kappa shape index (κ3) is 9.86. The van der Waals surface area contributed by atoms with Gasteiger partial charge in [0.2, 0.25) is 11.4 Å². The molecule has 1 aliphatic rings. The van der Waals surface area contributed by atoms with Gasteiger partial charge in [0.25, 0.3) is 5.69 Å². The van der Waals surface area contributed by atoms with Crippen LogP contribution in [0.4, 0.5) is 22.7 Å². The SMILES string of the molecule is CC(C)(C)c1cc(-c2ccc3c(c2)c2ccc(Oc4cccc([N+]5=C=[N+](c6cc(C(C)(C)C)cc(C(C)(C)C)c6)c6c(-c7ccc(C#N)cc7)cccc65)c4)cc2n3-c2cc(C(C)(C)C)ccn2)cc(C(C)(C)C)c1. The molecule has 2 aromatic heterocycles. The van der Waals surface area contributed by atoms with Gasteiger partial charge in [-0.3, -0.25) is 4.57 Å². The summed E-state index contributed by atoms with van der Waals surface area (Å²) in [6, 6.07) is 60.5. The van der Waals surface area contributed by atoms with Gasteiger partial charge in [-0.1, -0.05) is 158 Å². The molecule has 0 unspecified atom stereocenters. The summed E-state index contributed by atoms with van der Waals surface area (Å²) >= 11 is 0. The molecule has 75 heavy (non-hydrogen) atoms. The lowest BCUT2D eigenvalue weighted by atomic mass is 9.79. The summed E-state index contributed by atoms with van der Waals surface area (Å²) in [6.07, 6.45) is 1.93. The molecule has 6 nitrogen and oxygen atoms in total. The van der Waals surface area contributed by atoms with Crippen molar-refractivity contribution in [3.8, 4) is 45.6 Å². The summed E-state index contributed by atoms with van der Waals surface area (Å²) < 4.78 is 13.6. The molecule has 0 bridgehead atoms. The minimum Gasteiger partial charge on any atom is -0.457 e. The van der Waals surface area contributed by atoms with Crippen LogP contribution in [0.5, 0.6) is 11.5 Å². The molecule has 0 spiro atoms. The van der Waals surface area contributed by atoms with Gasteiger partial charge in [0.05, 0.1) is 34.3 Å². The zero-order chi connectivity index (χ0) is 53.6. The average Bonchev–Trinajstić information content (AvgIpc) is 3.93. The van der Waals surface area contributed by atoms with Crippen molar-refractivity contribution in [2.75, 3.05) is 0 Å². The van der Waals surface area contributed by atoms with Gasteiger partial charge in [-0.2, -0.15) is 5.26 Å². The Hall–Kier alpha value is -7.84. The number of rotatable bonds is 7. The molecule has 0 amide bonds. The zero-order valence-electron chi connectivity index (χ0n) is 46.7. The largest absolute Gasteiger partial charge is 0.503 e. The van der Waals surface area contributed by atoms with E-state index in [9.17, 15) is 5.26 Å². The maximum atomic E-state index is 9.68. The molecule has 0 N–H and O–H groups in total. The Labute approximate surface area is 445 Å². The molecule has 10 rings (SSSR count). The van der Waals surface area contributed by atoms with E-state index in [1.165, 1.54) is 38.9 Å². The van der Waals surface area contributed by atoms with Crippen LogP contribution < -0.4 is 13.9 Å². The maximum Gasteiger partial charge on any atom is 0.503 e. The van der Waals surface area contributed by atoms with E-state index in [-0.39, 0.29) is 27.1 Å². The number of hydrogen-bond acceptors (Lipinski definition) is 3. The number of benzene rings is 7. The first-order valence-corrected chi connectivity index (χ1v) is 26.4. The molecule has 0 saturated carbocycles. The van der Waals surface area contributed by atoms with E-state index in [0.29, 0.717) is 11.3 Å². The second-order valence-electron chi connectivity index (χ2n) is 25.7. The summed E-state index contributed by atoms with van der Waals surface area (Å²) in [7, 11) is 0. The van der Waals surface area contributed by atoms with Crippen molar-refractivity contribution in [2.45, 2.75) is 131 Å². The lowest BCUT2D eigenvalue weighted by molar-refractivity contribution is 0.483. The van der Waals surface area contributed by atoms with Crippen molar-refractivity contribution in [3.63, 3.8) is 0 Å². The number of nitrogens with zero attached hydrogens (tertiary/aromatic N) is 5. The Morgan fingerprint density at radius 1 is 0.467 bits per heavy atom. The van der Waals surface area contributed by atoms with Crippen molar-refractivity contribution >= 4 is 50.6 Å². The third-order valence-electron chi connectivity index (χ3n) is 14.8. The lowest BCUT2D eigenvalue weighted by Crippen LogP contribution is -2.17. The minimum atomic E-state index is -0.0844. The van der Waals surface area contributed by atoms with E-state index in [1.807, 2.05) is 36.5 Å². The van der Waals surface area contributed by atoms with Gasteiger partial charge in [0.1, 0.15) is 17.3 Å². The van der Waals surface area contributed by atoms with Crippen molar-refractivity contribution in [3.05, 3.63) is 191 Å². The molecular weight excluding hydrogens is 915 g/mol. The van der Waals surface area contributed by atoms with Crippen molar-refractivity contribution < 1.29 is 4.74 Å². The summed E-state index contributed by atoms with van der Waals surface area (Å²) in [5.41, 5.74) is 17.3. The molecule has 0 aliphatic carbocycles. The molecule has 376 valence electrons. The number of aromatic nitrogens is 2. The predicted molar refractivity (Wildman–Crippen MR) is 315 cm³/mol. The molecule has 0 radical (unpaired) electrons. The average molecular weight is 986 g/mol. The number of pyridine rings is 1. The van der Waals surface area contributed by atoms with Gasteiger partial charge in [-0.15, -0.1) is 0 Å². The Kier molecular flexibility index (Phi) is 12.3. The Bertz CT molecular complexity index is 3790. The van der Waals surface area contributed by atoms with Crippen LogP contribution in [0, 0.1) is 11.3 Å². The van der Waals surface area contributed by atoms with Crippen LogP contribution >= 0.6 is 0 Å². The summed E-state index contributed by atoms with van der Waals surface area (Å²) in [6.45, 7) is 34.2. The van der Waals surface area contributed by atoms with Gasteiger partial charge >= 0.3 is 11.7 Å². The van der Waals surface area contributed by atoms with E-state index in [1.54, 1.807) is 0 Å². The molecule has 0 atom stereocenters. The quantitative estimate of drug-likeness (QED) is 0.150. The molecular formula is C69H71N5O+2. The van der Waals surface area contributed by atoms with Crippen LogP contribution in [0.1, 0.15) is 137 Å². The molecule has 0 fully saturated rings. The van der Waals surface area contributed by atoms with E-state index in [2.05, 4.69) is 251 Å². The standard InChI is InChI=1S/C69H71N5O/c1-65(2,3)48-30-31-71-63(39-48)74-60-29-26-46(47-32-49(66(4,5)6)35-50(33-47)67(7,8)9)34-59(60)58-28-27-56(41-62(58)74)75-55-19-16-18-53(40-55)72-43-73(54-37-51(68(10,11)12)36-52(38-54)69(13,14)15)64-57(20-17-21-61(64)72)45-24-22-44(42-70)23-25-45/h16-41H,1-15H3/q+2. The molecule has 6 heteroatoms. The first-order valence-electron chi connectivity index (χ1n) is 26.4. The highest BCUT2D eigenvalue weighted by molar-refractivity contribution is 6.11. The summed E-state index contributed by atoms with van der Waals surface area (Å²) in [4.78, 5) is 5.03. The fourth-order valence-electron chi connectivity index (χ4n) is 10.1. The first kappa shape index (κ1) is 50.7. The van der Waals surface area contributed by atoms with Crippen LogP contribution in [0.25, 0.3) is 49.9 Å². The fraction of sp³-hybridized carbons (Fsp3) is 0.290. The number of para-hydroxylation sites is 1. The topological polar surface area (TPSA) is 56.9 Å². The number of fused-ring (bicyclic) bond motifs is 4. The van der Waals surface area contributed by atoms with Crippen LogP contribution in [0.3, 0.4) is 0 Å². The zero-order valence-corrected chi connectivity index (χ0v) is 46.7. The molecule has 9 aromatic rings. The molecule has 7 aromatic carbocycles. The highest BCUT2D eigenvalue weighted by atomic mass is 16.5. The van der Waals surface area contributed by atoms with Crippen molar-refractivity contribution in [1.29, 1.82) is 5.26 Å². The van der Waals surface area contributed by atoms with Crippen LogP contribution in [0.15, 0.2) is 158 Å². The van der Waals surface area contributed by atoms with E-state index >= 15 is 0 Å². The number of ether oxygens (including phenoxy) is 1. The van der Waals surface area contributed by atoms with Gasteiger partial charge in [0, 0.05) is 47.3 Å². The summed E-state index contributed by atoms with van der Waals surface area (Å²) in [5, 5.41) is 12.0. The van der Waals surface area contributed by atoms with E-state index in [0.717, 1.165) is 67.2 Å². The third-order valence-corrected chi connectivity index (χ3v) is 14.8. The van der Waals surface area contributed by atoms with Crippen LogP contribution in [-0.4, -0.2) is 15.6 Å². The second-order valence-corrected chi connectivity index (χ2v) is 25.7. The maximum absolute atomic E-state index is 9.68. The van der Waals surface area contributed by atoms with E-state index in [4.69, 9.17) is 9.72 Å². The normalized spacial score (nSPS) is 13.2. The minimum absolute atomic E-state index is 0.00256. The van der Waals surface area contributed by atoms with Gasteiger partial charge in [-0.25, -0.2) is 4.98 Å². The smallest absolute Gasteiger partial charge is 0.457 e. The first-order chi connectivity index (χ1) is 35.2. The Morgan fingerprint density at radius 3 is 1.67 bits per heavy atom. The fourth-order valence-corrected chi connectivity index (χ4v) is 10.1. The van der Waals surface area contributed by atoms with E-state index < -0.39 is 0 Å². The highest BCUT2D eigenvalue weighted by Crippen LogP contribution is 2.46. The molecule has 0 saturated heterocycles. The monoisotopic (exact) mass is 986 g/mol. The second kappa shape index (κ2) is 18.2. The van der Waals surface area contributed by atoms with Gasteiger partial charge in [0.15, 0.2) is 0 Å². The Morgan fingerprint density at radius 2 is 1.05 bits per heavy atom. The van der Waals surface area contributed by atoms with Gasteiger partial charge in [-0.05, 0) is 141 Å². The number of hydrogen-bond donors (Lipinski definition) is 0. The summed E-state index contributed by atoms with van der Waals surface area (Å²) in [5.74, 6) is 2.29. The van der Waals surface area contributed by atoms with Gasteiger partial charge < -0.3 is 4.74 Å². The molecule has 3 heterocycles. The van der Waals surface area contributed by atoms with Crippen LogP contribution in [-0.2, 0) is 27.1 Å². The predicted octanol–water partition coefficient (Wildman–Crippen LogP) is 18.5. The molecule has 1 aliphatic heterocycles. The number of nitriles is 1.